The largest absolute Gasteiger partial charge is 0.489 e. The second kappa shape index (κ2) is 13.6. The van der Waals surface area contributed by atoms with Crippen LogP contribution in [0.5, 0.6) is 5.75 Å². The normalized spacial score (nSPS) is 11.4. The van der Waals surface area contributed by atoms with E-state index in [2.05, 4.69) is 15.6 Å². The second-order valence-corrected chi connectivity index (χ2v) is 9.40. The van der Waals surface area contributed by atoms with Gasteiger partial charge in [0, 0.05) is 36.3 Å². The average molecular weight is 564 g/mol. The summed E-state index contributed by atoms with van der Waals surface area (Å²) >= 11 is 12.2. The molecule has 9 heteroatoms. The van der Waals surface area contributed by atoms with E-state index >= 15 is 0 Å². The molecule has 7 nitrogen and oxygen atoms in total. The van der Waals surface area contributed by atoms with Crippen molar-refractivity contribution in [1.82, 2.24) is 4.98 Å². The van der Waals surface area contributed by atoms with Crippen molar-refractivity contribution in [3.05, 3.63) is 118 Å². The molecule has 0 spiro atoms. The summed E-state index contributed by atoms with van der Waals surface area (Å²) in [5, 5.41) is 6.37. The zero-order valence-electron chi connectivity index (χ0n) is 21.2. The van der Waals surface area contributed by atoms with E-state index in [0.717, 1.165) is 16.8 Å². The Bertz CT molecular complexity index is 1400. The van der Waals surface area contributed by atoms with Crippen LogP contribution < -0.4 is 15.4 Å². The van der Waals surface area contributed by atoms with Gasteiger partial charge in [0.25, 0.3) is 5.91 Å². The molecule has 1 unspecified atom stereocenters. The lowest BCUT2D eigenvalue weighted by Crippen LogP contribution is -2.33. The first-order chi connectivity index (χ1) is 18.9. The van der Waals surface area contributed by atoms with Gasteiger partial charge in [-0.2, -0.15) is 0 Å². The van der Waals surface area contributed by atoms with E-state index in [1.807, 2.05) is 66.7 Å². The number of halogens is 2. The Balaban J connectivity index is 1.42. The lowest BCUT2D eigenvalue weighted by Gasteiger charge is -2.19. The number of aromatic nitrogens is 1. The number of hydrogen-bond acceptors (Lipinski definition) is 6. The van der Waals surface area contributed by atoms with Crippen LogP contribution in [0.2, 0.25) is 10.0 Å². The molecule has 39 heavy (non-hydrogen) atoms. The zero-order chi connectivity index (χ0) is 27.6. The number of amides is 1. The standard InChI is InChI=1S/C30H27Cl2N3O4/c1-2-38-30(37)27(34-23-9-6-10-24(16-23)39-19-21-7-4-3-5-8-21)15-20-11-13-22(14-12-20)35-29(36)28-25(31)17-33-18-26(28)32/h3-14,16-18,27,34H,2,15,19H2,1H3,(H,35,36). The molecule has 0 aliphatic rings. The molecular weight excluding hydrogens is 537 g/mol. The van der Waals surface area contributed by atoms with Gasteiger partial charge >= 0.3 is 5.97 Å². The highest BCUT2D eigenvalue weighted by Crippen LogP contribution is 2.25. The predicted molar refractivity (Wildman–Crippen MR) is 154 cm³/mol. The quantitative estimate of drug-likeness (QED) is 0.195. The maximum atomic E-state index is 12.8. The first-order valence-corrected chi connectivity index (χ1v) is 13.1. The van der Waals surface area contributed by atoms with Gasteiger partial charge in [-0.25, -0.2) is 4.79 Å². The van der Waals surface area contributed by atoms with Gasteiger partial charge < -0.3 is 20.1 Å². The number of ether oxygens (including phenoxy) is 2. The van der Waals surface area contributed by atoms with Gasteiger partial charge in [0.1, 0.15) is 18.4 Å². The van der Waals surface area contributed by atoms with Crippen molar-refractivity contribution in [3.8, 4) is 5.75 Å². The minimum atomic E-state index is -0.635. The first kappa shape index (κ1) is 28.0. The van der Waals surface area contributed by atoms with Gasteiger partial charge in [-0.1, -0.05) is 71.7 Å². The summed E-state index contributed by atoms with van der Waals surface area (Å²) in [5.74, 6) is -0.131. The Morgan fingerprint density at radius 1 is 0.872 bits per heavy atom. The van der Waals surface area contributed by atoms with Crippen molar-refractivity contribution in [2.75, 3.05) is 17.2 Å². The molecule has 0 saturated carbocycles. The number of nitrogens with one attached hydrogen (secondary N) is 2. The van der Waals surface area contributed by atoms with Crippen molar-refractivity contribution >= 4 is 46.5 Å². The Morgan fingerprint density at radius 3 is 2.28 bits per heavy atom. The van der Waals surface area contributed by atoms with Crippen LogP contribution in [0.15, 0.2) is 91.3 Å². The van der Waals surface area contributed by atoms with Gasteiger partial charge in [0.05, 0.1) is 22.2 Å². The van der Waals surface area contributed by atoms with Crippen LogP contribution in [0.3, 0.4) is 0 Å². The summed E-state index contributed by atoms with van der Waals surface area (Å²) in [6, 6.07) is 23.9. The summed E-state index contributed by atoms with van der Waals surface area (Å²) in [6.45, 7) is 2.47. The Hall–Kier alpha value is -4.07. The Labute approximate surface area is 237 Å². The van der Waals surface area contributed by atoms with Gasteiger partial charge in [-0.3, -0.25) is 9.78 Å². The molecule has 0 aliphatic heterocycles. The van der Waals surface area contributed by atoms with Crippen molar-refractivity contribution < 1.29 is 19.1 Å². The monoisotopic (exact) mass is 563 g/mol. The minimum Gasteiger partial charge on any atom is -0.489 e. The molecule has 0 fully saturated rings. The number of esters is 1. The zero-order valence-corrected chi connectivity index (χ0v) is 22.7. The van der Waals surface area contributed by atoms with Crippen molar-refractivity contribution in [2.24, 2.45) is 0 Å². The van der Waals surface area contributed by atoms with Gasteiger partial charge in [-0.05, 0) is 42.3 Å². The van der Waals surface area contributed by atoms with E-state index in [4.69, 9.17) is 32.7 Å². The number of anilines is 2. The van der Waals surface area contributed by atoms with Crippen molar-refractivity contribution in [1.29, 1.82) is 0 Å². The van der Waals surface area contributed by atoms with E-state index < -0.39 is 11.9 Å². The summed E-state index contributed by atoms with van der Waals surface area (Å²) in [5.41, 5.74) is 3.37. The number of nitrogens with zero attached hydrogens (tertiary/aromatic N) is 1. The molecule has 0 saturated heterocycles. The highest BCUT2D eigenvalue weighted by molar-refractivity contribution is 6.40. The van der Waals surface area contributed by atoms with Crippen LogP contribution in [-0.4, -0.2) is 29.5 Å². The number of carbonyl (C=O) groups excluding carboxylic acids is 2. The Morgan fingerprint density at radius 2 is 1.59 bits per heavy atom. The van der Waals surface area contributed by atoms with E-state index in [-0.39, 0.29) is 28.2 Å². The van der Waals surface area contributed by atoms with Crippen LogP contribution in [0.25, 0.3) is 0 Å². The van der Waals surface area contributed by atoms with Crippen LogP contribution in [0.1, 0.15) is 28.4 Å². The third kappa shape index (κ3) is 7.96. The molecule has 1 aromatic heterocycles. The molecule has 0 aliphatic carbocycles. The van der Waals surface area contributed by atoms with E-state index in [9.17, 15) is 9.59 Å². The summed E-state index contributed by atoms with van der Waals surface area (Å²) in [6.07, 6.45) is 3.09. The average Bonchev–Trinajstić information content (AvgIpc) is 2.93. The minimum absolute atomic E-state index is 0.152. The lowest BCUT2D eigenvalue weighted by atomic mass is 10.0. The number of hydrogen-bond donors (Lipinski definition) is 2. The summed E-state index contributed by atoms with van der Waals surface area (Å²) < 4.78 is 11.2. The SMILES string of the molecule is CCOC(=O)C(Cc1ccc(NC(=O)c2c(Cl)cncc2Cl)cc1)Nc1cccc(OCc2ccccc2)c1. The van der Waals surface area contributed by atoms with Crippen LogP contribution in [0.4, 0.5) is 11.4 Å². The highest BCUT2D eigenvalue weighted by Gasteiger charge is 2.21. The molecule has 200 valence electrons. The van der Waals surface area contributed by atoms with Crippen LogP contribution in [-0.2, 0) is 22.6 Å². The smallest absolute Gasteiger partial charge is 0.328 e. The third-order valence-corrected chi connectivity index (χ3v) is 6.30. The first-order valence-electron chi connectivity index (χ1n) is 12.3. The predicted octanol–water partition coefficient (Wildman–Crippen LogP) is 6.81. The molecule has 0 bridgehead atoms. The van der Waals surface area contributed by atoms with E-state index in [1.54, 1.807) is 19.1 Å². The fourth-order valence-corrected chi connectivity index (χ4v) is 4.37. The number of rotatable bonds is 11. The van der Waals surface area contributed by atoms with E-state index in [0.29, 0.717) is 24.5 Å². The molecule has 1 amide bonds. The maximum absolute atomic E-state index is 12.8. The molecule has 1 atom stereocenters. The van der Waals surface area contributed by atoms with Crippen molar-refractivity contribution in [3.63, 3.8) is 0 Å². The number of carbonyl (C=O) groups is 2. The molecule has 2 N–H and O–H groups in total. The van der Waals surface area contributed by atoms with Gasteiger partial charge in [-0.15, -0.1) is 0 Å². The molecule has 4 rings (SSSR count). The van der Waals surface area contributed by atoms with Crippen molar-refractivity contribution in [2.45, 2.75) is 26.0 Å². The lowest BCUT2D eigenvalue weighted by molar-refractivity contribution is -0.144. The third-order valence-electron chi connectivity index (χ3n) is 5.73. The molecule has 1 heterocycles. The maximum Gasteiger partial charge on any atom is 0.328 e. The van der Waals surface area contributed by atoms with E-state index in [1.165, 1.54) is 12.4 Å². The number of pyridine rings is 1. The second-order valence-electron chi connectivity index (χ2n) is 8.58. The fraction of sp³-hybridized carbons (Fsp3) is 0.167. The molecular formula is C30H27Cl2N3O4. The van der Waals surface area contributed by atoms with Gasteiger partial charge in [0.2, 0.25) is 0 Å². The molecule has 0 radical (unpaired) electrons. The van der Waals surface area contributed by atoms with Crippen LogP contribution >= 0.6 is 23.2 Å². The topological polar surface area (TPSA) is 89.5 Å². The molecule has 4 aromatic rings. The van der Waals surface area contributed by atoms with Gasteiger partial charge in [0.15, 0.2) is 0 Å². The summed E-state index contributed by atoms with van der Waals surface area (Å²) in [7, 11) is 0. The molecule has 3 aromatic carbocycles. The fourth-order valence-electron chi connectivity index (χ4n) is 3.84. The number of benzene rings is 3. The highest BCUT2D eigenvalue weighted by atomic mass is 35.5. The Kier molecular flexibility index (Phi) is 9.78. The summed E-state index contributed by atoms with van der Waals surface area (Å²) in [4.78, 5) is 29.3. The van der Waals surface area contributed by atoms with Crippen LogP contribution in [0, 0.1) is 0 Å².